The van der Waals surface area contributed by atoms with Gasteiger partial charge in [0.15, 0.2) is 0 Å². The molecule has 0 heterocycles. The number of esters is 1. The Kier molecular flexibility index (Phi) is 2.61. The maximum Gasteiger partial charge on any atom is 0.490 e. The van der Waals surface area contributed by atoms with Crippen LogP contribution in [0.25, 0.3) is 0 Å². The lowest BCUT2D eigenvalue weighted by molar-refractivity contribution is -0.205. The number of benzene rings is 1. The topological polar surface area (TPSA) is 26.3 Å². The van der Waals surface area contributed by atoms with Crippen LogP contribution in [0.3, 0.4) is 0 Å². The first-order chi connectivity index (χ1) is 7.48. The monoisotopic (exact) mass is 230 g/mol. The summed E-state index contributed by atoms with van der Waals surface area (Å²) in [5.41, 5.74) is 1.63. The summed E-state index contributed by atoms with van der Waals surface area (Å²) in [6, 6.07) is 7.05. The molecular formula is C11H9F3O2. The van der Waals surface area contributed by atoms with E-state index in [-0.39, 0.29) is 0 Å². The summed E-state index contributed by atoms with van der Waals surface area (Å²) in [4.78, 5) is 10.7. The van der Waals surface area contributed by atoms with Crippen molar-refractivity contribution in [3.05, 3.63) is 35.4 Å². The highest BCUT2D eigenvalue weighted by Gasteiger charge is 2.43. The molecule has 1 atom stereocenters. The number of ether oxygens (including phenoxy) is 1. The van der Waals surface area contributed by atoms with Gasteiger partial charge in [-0.3, -0.25) is 0 Å². The molecule has 16 heavy (non-hydrogen) atoms. The van der Waals surface area contributed by atoms with E-state index in [1.807, 2.05) is 12.1 Å². The Morgan fingerprint density at radius 2 is 2.00 bits per heavy atom. The molecule has 0 aromatic heterocycles. The van der Waals surface area contributed by atoms with Crippen LogP contribution in [0, 0.1) is 0 Å². The average molecular weight is 230 g/mol. The number of halogens is 3. The van der Waals surface area contributed by atoms with Gasteiger partial charge < -0.3 is 4.74 Å². The fourth-order valence-electron chi connectivity index (χ4n) is 1.84. The summed E-state index contributed by atoms with van der Waals surface area (Å²) in [7, 11) is 0. The molecule has 0 amide bonds. The first-order valence-electron chi connectivity index (χ1n) is 4.84. The summed E-state index contributed by atoms with van der Waals surface area (Å²) >= 11 is 0. The van der Waals surface area contributed by atoms with Gasteiger partial charge in [0.05, 0.1) is 0 Å². The maximum atomic E-state index is 12.0. The molecule has 0 spiro atoms. The molecule has 0 bridgehead atoms. The molecule has 5 heteroatoms. The van der Waals surface area contributed by atoms with E-state index in [9.17, 15) is 18.0 Å². The molecule has 1 aromatic rings. The van der Waals surface area contributed by atoms with E-state index in [4.69, 9.17) is 0 Å². The summed E-state index contributed by atoms with van der Waals surface area (Å²) in [5, 5.41) is 0. The van der Waals surface area contributed by atoms with Crippen molar-refractivity contribution in [2.24, 2.45) is 0 Å². The van der Waals surface area contributed by atoms with E-state index in [2.05, 4.69) is 4.74 Å². The fourth-order valence-corrected chi connectivity index (χ4v) is 1.84. The molecule has 0 fully saturated rings. The van der Waals surface area contributed by atoms with E-state index in [0.29, 0.717) is 18.4 Å². The second-order valence-electron chi connectivity index (χ2n) is 3.63. The van der Waals surface area contributed by atoms with Crippen LogP contribution < -0.4 is 0 Å². The Labute approximate surface area is 90.0 Å². The van der Waals surface area contributed by atoms with E-state index in [1.165, 1.54) is 0 Å². The lowest BCUT2D eigenvalue weighted by Gasteiger charge is -2.14. The second-order valence-corrected chi connectivity index (χ2v) is 3.63. The quantitative estimate of drug-likeness (QED) is 0.693. The van der Waals surface area contributed by atoms with Gasteiger partial charge in [0, 0.05) is 0 Å². The number of aryl methyl sites for hydroxylation is 1. The molecule has 2 rings (SSSR count). The van der Waals surface area contributed by atoms with Crippen LogP contribution in [0.2, 0.25) is 0 Å². The zero-order chi connectivity index (χ0) is 11.8. The number of alkyl halides is 3. The summed E-state index contributed by atoms with van der Waals surface area (Å²) < 4.78 is 40.5. The summed E-state index contributed by atoms with van der Waals surface area (Å²) in [6.45, 7) is 0. The number of fused-ring (bicyclic) bond motifs is 1. The largest absolute Gasteiger partial charge is 0.490 e. The van der Waals surface area contributed by atoms with Crippen molar-refractivity contribution in [1.29, 1.82) is 0 Å². The fraction of sp³-hybridized carbons (Fsp3) is 0.364. The van der Waals surface area contributed by atoms with Gasteiger partial charge in [0.2, 0.25) is 0 Å². The van der Waals surface area contributed by atoms with Gasteiger partial charge in [-0.05, 0) is 24.0 Å². The molecule has 0 aliphatic heterocycles. The molecule has 0 saturated carbocycles. The zero-order valence-corrected chi connectivity index (χ0v) is 8.25. The average Bonchev–Trinajstić information content (AvgIpc) is 2.61. The number of hydrogen-bond acceptors (Lipinski definition) is 2. The Morgan fingerprint density at radius 1 is 1.31 bits per heavy atom. The maximum absolute atomic E-state index is 12.0. The van der Waals surface area contributed by atoms with Crippen LogP contribution in [0.1, 0.15) is 23.7 Å². The Balaban J connectivity index is 2.12. The molecule has 1 unspecified atom stereocenters. The highest BCUT2D eigenvalue weighted by atomic mass is 19.4. The Hall–Kier alpha value is -1.52. The Bertz CT molecular complexity index is 412. The van der Waals surface area contributed by atoms with Crippen molar-refractivity contribution in [2.45, 2.75) is 25.1 Å². The number of carbonyl (C=O) groups excluding carboxylic acids is 1. The van der Waals surface area contributed by atoms with Crippen LogP contribution in [-0.4, -0.2) is 12.1 Å². The van der Waals surface area contributed by atoms with E-state index in [0.717, 1.165) is 5.56 Å². The summed E-state index contributed by atoms with van der Waals surface area (Å²) in [6.07, 6.45) is -4.62. The Morgan fingerprint density at radius 3 is 2.69 bits per heavy atom. The normalized spacial score (nSPS) is 19.3. The van der Waals surface area contributed by atoms with Gasteiger partial charge in [-0.25, -0.2) is 4.79 Å². The highest BCUT2D eigenvalue weighted by Crippen LogP contribution is 2.35. The molecule has 0 N–H and O–H groups in total. The smallest absolute Gasteiger partial charge is 0.451 e. The van der Waals surface area contributed by atoms with Crippen molar-refractivity contribution in [3.8, 4) is 0 Å². The second kappa shape index (κ2) is 3.81. The van der Waals surface area contributed by atoms with Crippen molar-refractivity contribution in [1.82, 2.24) is 0 Å². The lowest BCUT2D eigenvalue weighted by Crippen LogP contribution is -2.26. The minimum absolute atomic E-state index is 0.418. The number of carbonyl (C=O) groups is 1. The third-order valence-electron chi connectivity index (χ3n) is 2.56. The van der Waals surface area contributed by atoms with Crippen molar-refractivity contribution in [3.63, 3.8) is 0 Å². The molecular weight excluding hydrogens is 221 g/mol. The van der Waals surface area contributed by atoms with E-state index < -0.39 is 18.2 Å². The molecule has 0 radical (unpaired) electrons. The van der Waals surface area contributed by atoms with Crippen LogP contribution in [0.5, 0.6) is 0 Å². The molecule has 86 valence electrons. The molecule has 2 nitrogen and oxygen atoms in total. The summed E-state index contributed by atoms with van der Waals surface area (Å²) in [5.74, 6) is -2.12. The molecule has 0 saturated heterocycles. The molecule has 1 aromatic carbocycles. The van der Waals surface area contributed by atoms with Crippen LogP contribution in [-0.2, 0) is 16.0 Å². The van der Waals surface area contributed by atoms with Gasteiger partial charge in [0.25, 0.3) is 0 Å². The zero-order valence-electron chi connectivity index (χ0n) is 8.25. The minimum Gasteiger partial charge on any atom is -0.451 e. The first-order valence-corrected chi connectivity index (χ1v) is 4.84. The van der Waals surface area contributed by atoms with Gasteiger partial charge in [-0.1, -0.05) is 24.3 Å². The minimum atomic E-state index is -4.92. The van der Waals surface area contributed by atoms with E-state index in [1.54, 1.807) is 12.1 Å². The first kappa shape index (κ1) is 11.0. The third kappa shape index (κ3) is 2.03. The SMILES string of the molecule is O=C(OC1CCc2ccccc21)C(F)(F)F. The van der Waals surface area contributed by atoms with Crippen LogP contribution in [0.15, 0.2) is 24.3 Å². The van der Waals surface area contributed by atoms with Gasteiger partial charge in [-0.15, -0.1) is 0 Å². The van der Waals surface area contributed by atoms with E-state index >= 15 is 0 Å². The lowest BCUT2D eigenvalue weighted by atomic mass is 10.1. The van der Waals surface area contributed by atoms with Gasteiger partial charge >= 0.3 is 12.1 Å². The third-order valence-corrected chi connectivity index (χ3v) is 2.56. The van der Waals surface area contributed by atoms with Crippen molar-refractivity contribution < 1.29 is 22.7 Å². The predicted molar refractivity (Wildman–Crippen MR) is 49.7 cm³/mol. The number of rotatable bonds is 1. The van der Waals surface area contributed by atoms with Gasteiger partial charge in [0.1, 0.15) is 6.10 Å². The standard InChI is InChI=1S/C11H9F3O2/c12-11(13,14)10(15)16-9-6-5-7-3-1-2-4-8(7)9/h1-4,9H,5-6H2. The highest BCUT2D eigenvalue weighted by molar-refractivity contribution is 5.76. The van der Waals surface area contributed by atoms with Gasteiger partial charge in [-0.2, -0.15) is 13.2 Å². The number of hydrogen-bond donors (Lipinski definition) is 0. The van der Waals surface area contributed by atoms with Crippen LogP contribution in [0.4, 0.5) is 13.2 Å². The van der Waals surface area contributed by atoms with Crippen molar-refractivity contribution in [2.75, 3.05) is 0 Å². The van der Waals surface area contributed by atoms with Crippen LogP contribution >= 0.6 is 0 Å². The predicted octanol–water partition coefficient (Wildman–Crippen LogP) is 2.78. The van der Waals surface area contributed by atoms with Crippen molar-refractivity contribution >= 4 is 5.97 Å². The molecule has 1 aliphatic carbocycles. The molecule has 1 aliphatic rings.